The highest BCUT2D eigenvalue weighted by molar-refractivity contribution is 5.73. The summed E-state index contributed by atoms with van der Waals surface area (Å²) in [7, 11) is 1.72. The number of ether oxygens (including phenoxy) is 2. The van der Waals surface area contributed by atoms with Crippen molar-refractivity contribution in [3.63, 3.8) is 0 Å². The average Bonchev–Trinajstić information content (AvgIpc) is 2.61. The number of nitrogens with zero attached hydrogens (tertiary/aromatic N) is 1. The SMILES string of the molecule is CCCN1C[C@H](COC)O[C@@H]2Cc3c(O)cccc3C[C@H]21.O=C(O)C(F)(F)F. The average molecular weight is 405 g/mol. The van der Waals surface area contributed by atoms with Crippen LogP contribution in [-0.4, -0.2) is 72.3 Å². The number of hydrogen-bond donors (Lipinski definition) is 2. The summed E-state index contributed by atoms with van der Waals surface area (Å²) in [5.41, 5.74) is 2.33. The number of carbonyl (C=O) groups is 1. The second-order valence-electron chi connectivity index (χ2n) is 6.94. The van der Waals surface area contributed by atoms with E-state index in [4.69, 9.17) is 19.4 Å². The monoisotopic (exact) mass is 405 g/mol. The third-order valence-electron chi connectivity index (χ3n) is 4.89. The first-order valence-electron chi connectivity index (χ1n) is 9.15. The molecule has 2 N–H and O–H groups in total. The molecule has 9 heteroatoms. The lowest BCUT2D eigenvalue weighted by molar-refractivity contribution is -0.192. The van der Waals surface area contributed by atoms with E-state index in [1.165, 1.54) is 5.56 Å². The number of alkyl halides is 3. The van der Waals surface area contributed by atoms with E-state index < -0.39 is 12.1 Å². The molecule has 3 atom stereocenters. The summed E-state index contributed by atoms with van der Waals surface area (Å²) in [5.74, 6) is -2.35. The van der Waals surface area contributed by atoms with Gasteiger partial charge in [0.05, 0.1) is 18.8 Å². The Hall–Kier alpha value is -1.84. The van der Waals surface area contributed by atoms with Crippen LogP contribution in [0.4, 0.5) is 13.2 Å². The number of methoxy groups -OCH3 is 1. The van der Waals surface area contributed by atoms with Gasteiger partial charge in [0, 0.05) is 26.1 Å². The van der Waals surface area contributed by atoms with E-state index in [1.807, 2.05) is 6.07 Å². The summed E-state index contributed by atoms with van der Waals surface area (Å²) in [4.78, 5) is 11.4. The molecule has 0 radical (unpaired) electrons. The van der Waals surface area contributed by atoms with Crippen molar-refractivity contribution in [3.05, 3.63) is 29.3 Å². The number of aromatic hydroxyl groups is 1. The number of morpholine rings is 1. The van der Waals surface area contributed by atoms with Crippen LogP contribution >= 0.6 is 0 Å². The first kappa shape index (κ1) is 22.4. The molecule has 1 aliphatic carbocycles. The van der Waals surface area contributed by atoms with Crippen LogP contribution < -0.4 is 0 Å². The van der Waals surface area contributed by atoms with E-state index in [-0.39, 0.29) is 12.2 Å². The van der Waals surface area contributed by atoms with E-state index in [2.05, 4.69) is 17.9 Å². The second kappa shape index (κ2) is 9.58. The van der Waals surface area contributed by atoms with Crippen molar-refractivity contribution in [2.75, 3.05) is 26.8 Å². The third kappa shape index (κ3) is 5.59. The largest absolute Gasteiger partial charge is 0.508 e. The van der Waals surface area contributed by atoms with E-state index in [9.17, 15) is 18.3 Å². The highest BCUT2D eigenvalue weighted by Gasteiger charge is 2.40. The molecule has 1 aliphatic heterocycles. The van der Waals surface area contributed by atoms with Crippen molar-refractivity contribution in [2.45, 2.75) is 50.6 Å². The van der Waals surface area contributed by atoms with Gasteiger partial charge < -0.3 is 19.7 Å². The molecule has 0 spiro atoms. The highest BCUT2D eigenvalue weighted by Crippen LogP contribution is 2.34. The van der Waals surface area contributed by atoms with E-state index in [1.54, 1.807) is 13.2 Å². The Labute approximate surface area is 161 Å². The lowest BCUT2D eigenvalue weighted by atomic mass is 9.83. The van der Waals surface area contributed by atoms with Gasteiger partial charge in [-0.15, -0.1) is 0 Å². The molecule has 0 saturated carbocycles. The Kier molecular flexibility index (Phi) is 7.68. The minimum Gasteiger partial charge on any atom is -0.508 e. The van der Waals surface area contributed by atoms with Crippen LogP contribution in [0.3, 0.4) is 0 Å². The van der Waals surface area contributed by atoms with E-state index >= 15 is 0 Å². The van der Waals surface area contributed by atoms with Gasteiger partial charge in [-0.3, -0.25) is 4.90 Å². The highest BCUT2D eigenvalue weighted by atomic mass is 19.4. The number of phenolic OH excluding ortho intramolecular Hbond substituents is 1. The zero-order chi connectivity index (χ0) is 20.9. The minimum absolute atomic E-state index is 0.134. The molecule has 1 saturated heterocycles. The fourth-order valence-corrected chi connectivity index (χ4v) is 3.75. The van der Waals surface area contributed by atoms with Gasteiger partial charge in [-0.05, 0) is 36.6 Å². The molecule has 28 heavy (non-hydrogen) atoms. The number of hydrogen-bond acceptors (Lipinski definition) is 5. The van der Waals surface area contributed by atoms with Crippen molar-refractivity contribution >= 4 is 5.97 Å². The molecule has 0 amide bonds. The molecule has 1 aromatic carbocycles. The molecular formula is C19H26F3NO5. The van der Waals surface area contributed by atoms with Gasteiger partial charge in [-0.1, -0.05) is 19.1 Å². The summed E-state index contributed by atoms with van der Waals surface area (Å²) >= 11 is 0. The number of rotatable bonds is 4. The minimum atomic E-state index is -5.08. The number of halogens is 3. The molecule has 2 aliphatic rings. The van der Waals surface area contributed by atoms with Crippen LogP contribution in [0.1, 0.15) is 24.5 Å². The topological polar surface area (TPSA) is 79.2 Å². The maximum Gasteiger partial charge on any atom is 0.490 e. The molecular weight excluding hydrogens is 379 g/mol. The Morgan fingerprint density at radius 3 is 2.61 bits per heavy atom. The van der Waals surface area contributed by atoms with Crippen LogP contribution in [0.25, 0.3) is 0 Å². The number of aliphatic carboxylic acids is 1. The fourth-order valence-electron chi connectivity index (χ4n) is 3.75. The van der Waals surface area contributed by atoms with Crippen molar-refractivity contribution in [1.82, 2.24) is 4.90 Å². The Morgan fingerprint density at radius 2 is 2.04 bits per heavy atom. The van der Waals surface area contributed by atoms with Gasteiger partial charge >= 0.3 is 12.1 Å². The van der Waals surface area contributed by atoms with Gasteiger partial charge in [0.15, 0.2) is 0 Å². The molecule has 0 aromatic heterocycles. The first-order chi connectivity index (χ1) is 13.2. The van der Waals surface area contributed by atoms with Gasteiger partial charge in [-0.25, -0.2) is 4.79 Å². The molecule has 1 fully saturated rings. The summed E-state index contributed by atoms with van der Waals surface area (Å²) in [6, 6.07) is 6.28. The maximum absolute atomic E-state index is 10.6. The van der Waals surface area contributed by atoms with Gasteiger partial charge in [0.25, 0.3) is 0 Å². The Morgan fingerprint density at radius 1 is 1.36 bits per heavy atom. The third-order valence-corrected chi connectivity index (χ3v) is 4.89. The van der Waals surface area contributed by atoms with Crippen LogP contribution in [0.15, 0.2) is 18.2 Å². The van der Waals surface area contributed by atoms with E-state index in [0.29, 0.717) is 18.4 Å². The summed E-state index contributed by atoms with van der Waals surface area (Å²) in [6.07, 6.45) is -1.88. The fraction of sp³-hybridized carbons (Fsp3) is 0.632. The van der Waals surface area contributed by atoms with Crippen LogP contribution in [0, 0.1) is 0 Å². The maximum atomic E-state index is 10.6. The van der Waals surface area contributed by atoms with Crippen molar-refractivity contribution in [3.8, 4) is 5.75 Å². The smallest absolute Gasteiger partial charge is 0.490 e. The normalized spacial score (nSPS) is 24.5. The molecule has 6 nitrogen and oxygen atoms in total. The first-order valence-corrected chi connectivity index (χ1v) is 9.15. The Bertz CT molecular complexity index is 667. The zero-order valence-corrected chi connectivity index (χ0v) is 15.9. The quantitative estimate of drug-likeness (QED) is 0.802. The van der Waals surface area contributed by atoms with Crippen LogP contribution in [-0.2, 0) is 27.1 Å². The van der Waals surface area contributed by atoms with Gasteiger partial charge in [0.1, 0.15) is 5.75 Å². The molecule has 3 rings (SSSR count). The molecule has 158 valence electrons. The lowest BCUT2D eigenvalue weighted by Crippen LogP contribution is -2.58. The summed E-state index contributed by atoms with van der Waals surface area (Å²) < 4.78 is 43.3. The van der Waals surface area contributed by atoms with Crippen LogP contribution in [0.5, 0.6) is 5.75 Å². The van der Waals surface area contributed by atoms with Gasteiger partial charge in [0.2, 0.25) is 0 Å². The van der Waals surface area contributed by atoms with Crippen molar-refractivity contribution < 1.29 is 37.7 Å². The van der Waals surface area contributed by atoms with Crippen molar-refractivity contribution in [1.29, 1.82) is 0 Å². The van der Waals surface area contributed by atoms with Crippen LogP contribution in [0.2, 0.25) is 0 Å². The number of benzene rings is 1. The Balaban J connectivity index is 0.000000345. The predicted octanol–water partition coefficient (Wildman–Crippen LogP) is 2.62. The lowest BCUT2D eigenvalue weighted by Gasteiger charge is -2.47. The summed E-state index contributed by atoms with van der Waals surface area (Å²) in [6.45, 7) is 4.89. The predicted molar refractivity (Wildman–Crippen MR) is 95.4 cm³/mol. The second-order valence-corrected chi connectivity index (χ2v) is 6.94. The number of carboxylic acid groups (broad SMARTS) is 1. The number of phenols is 1. The van der Waals surface area contributed by atoms with E-state index in [0.717, 1.165) is 37.9 Å². The molecule has 0 unspecified atom stereocenters. The molecule has 1 heterocycles. The van der Waals surface area contributed by atoms with Gasteiger partial charge in [-0.2, -0.15) is 13.2 Å². The van der Waals surface area contributed by atoms with Crippen molar-refractivity contribution in [2.24, 2.45) is 0 Å². The number of fused-ring (bicyclic) bond motifs is 2. The zero-order valence-electron chi connectivity index (χ0n) is 15.9. The molecule has 1 aromatic rings. The summed E-state index contributed by atoms with van der Waals surface area (Å²) in [5, 5.41) is 17.2. The standard InChI is InChI=1S/C17H25NO3.C2HF3O2/c1-3-7-18-10-13(11-20-2)21-17-9-14-12(8-15(17)18)5-4-6-16(14)19;3-2(4,5)1(6)7/h4-6,13,15,17,19H,3,7-11H2,1-2H3;(H,6,7)/t13-,15-,17-;/m1./s1. The number of carboxylic acids is 1. The molecule has 0 bridgehead atoms.